The number of H-pyrrole nitrogens is 2. The fourth-order valence-electron chi connectivity index (χ4n) is 5.67. The summed E-state index contributed by atoms with van der Waals surface area (Å²) in [6.45, 7) is 5.83. The van der Waals surface area contributed by atoms with E-state index in [1.54, 1.807) is 12.5 Å². The maximum atomic E-state index is 6.52. The highest BCUT2D eigenvalue weighted by atomic mass is 16.5. The van der Waals surface area contributed by atoms with E-state index in [9.17, 15) is 0 Å². The van der Waals surface area contributed by atoms with Gasteiger partial charge in [0, 0.05) is 52.7 Å². The predicted octanol–water partition coefficient (Wildman–Crippen LogP) is 6.00. The molecule has 0 saturated carbocycles. The summed E-state index contributed by atoms with van der Waals surface area (Å²) >= 11 is 0. The number of fused-ring (bicyclic) bond motifs is 2. The lowest BCUT2D eigenvalue weighted by molar-refractivity contribution is 0.00617. The number of para-hydroxylation sites is 1. The van der Waals surface area contributed by atoms with E-state index in [1.165, 1.54) is 10.9 Å². The van der Waals surface area contributed by atoms with Crippen LogP contribution in [0.15, 0.2) is 83.9 Å². The van der Waals surface area contributed by atoms with Gasteiger partial charge in [-0.25, -0.2) is 0 Å². The van der Waals surface area contributed by atoms with Gasteiger partial charge in [0.2, 0.25) is 0 Å². The molecule has 5 heterocycles. The van der Waals surface area contributed by atoms with Crippen LogP contribution in [0.25, 0.3) is 44.2 Å². The molecule has 0 unspecified atom stereocenters. The highest BCUT2D eigenvalue weighted by Crippen LogP contribution is 2.35. The van der Waals surface area contributed by atoms with Gasteiger partial charge in [0.15, 0.2) is 0 Å². The second-order valence-corrected chi connectivity index (χ2v) is 10.3. The minimum absolute atomic E-state index is 0.199. The number of aromatic nitrogens is 4. The number of benzene rings is 2. The van der Waals surface area contributed by atoms with Crippen LogP contribution in [0.5, 0.6) is 5.75 Å². The molecule has 202 valence electrons. The quantitative estimate of drug-likeness (QED) is 0.249. The van der Waals surface area contributed by atoms with E-state index in [-0.39, 0.29) is 6.04 Å². The van der Waals surface area contributed by atoms with Crippen molar-refractivity contribution in [3.8, 4) is 28.1 Å². The monoisotopic (exact) mass is 533 g/mol. The SMILES string of the molecule is Cc1n[nH]c2ccc(-c3cc(OC[C@@H](Cc4c[nH]c5ccccc45)N4CCOCC4)cnc3-c3ccoc3)cc12. The van der Waals surface area contributed by atoms with E-state index in [4.69, 9.17) is 18.9 Å². The third-order valence-corrected chi connectivity index (χ3v) is 7.86. The molecular formula is C32H31N5O3. The molecule has 8 heteroatoms. The summed E-state index contributed by atoms with van der Waals surface area (Å²) in [6.07, 6.45) is 8.23. The zero-order valence-electron chi connectivity index (χ0n) is 22.4. The minimum atomic E-state index is 0.199. The summed E-state index contributed by atoms with van der Waals surface area (Å²) in [5.74, 6) is 0.739. The summed E-state index contributed by atoms with van der Waals surface area (Å²) in [4.78, 5) is 10.8. The zero-order valence-corrected chi connectivity index (χ0v) is 22.4. The largest absolute Gasteiger partial charge is 0.490 e. The molecule has 0 bridgehead atoms. The van der Waals surface area contributed by atoms with Crippen molar-refractivity contribution in [1.82, 2.24) is 25.1 Å². The molecule has 1 fully saturated rings. The van der Waals surface area contributed by atoms with Crippen LogP contribution in [0.1, 0.15) is 11.3 Å². The Morgan fingerprint density at radius 3 is 2.77 bits per heavy atom. The van der Waals surface area contributed by atoms with Crippen molar-refractivity contribution in [2.45, 2.75) is 19.4 Å². The number of rotatable bonds is 8. The van der Waals surface area contributed by atoms with Crippen molar-refractivity contribution < 1.29 is 13.9 Å². The number of nitrogens with one attached hydrogen (secondary N) is 2. The highest BCUT2D eigenvalue weighted by Gasteiger charge is 2.24. The average molecular weight is 534 g/mol. The molecular weight excluding hydrogens is 502 g/mol. The van der Waals surface area contributed by atoms with E-state index in [1.807, 2.05) is 19.2 Å². The van der Waals surface area contributed by atoms with Crippen LogP contribution in [-0.4, -0.2) is 64.0 Å². The maximum Gasteiger partial charge on any atom is 0.138 e. The number of hydrogen-bond acceptors (Lipinski definition) is 6. The molecule has 0 spiro atoms. The summed E-state index contributed by atoms with van der Waals surface area (Å²) in [6, 6.07) is 19.0. The number of ether oxygens (including phenoxy) is 2. The average Bonchev–Trinajstić information content (AvgIpc) is 3.77. The van der Waals surface area contributed by atoms with Crippen LogP contribution in [0.4, 0.5) is 0 Å². The fourth-order valence-corrected chi connectivity index (χ4v) is 5.67. The van der Waals surface area contributed by atoms with Gasteiger partial charge >= 0.3 is 0 Å². The molecule has 0 radical (unpaired) electrons. The Labute approximate surface area is 231 Å². The Balaban J connectivity index is 1.20. The summed E-state index contributed by atoms with van der Waals surface area (Å²) in [5, 5.41) is 9.81. The molecule has 2 aromatic carbocycles. The molecule has 7 rings (SSSR count). The number of morpholine rings is 1. The smallest absolute Gasteiger partial charge is 0.138 e. The van der Waals surface area contributed by atoms with Gasteiger partial charge in [-0.1, -0.05) is 24.3 Å². The molecule has 1 atom stereocenters. The molecule has 1 aliphatic heterocycles. The van der Waals surface area contributed by atoms with Gasteiger partial charge in [0.1, 0.15) is 12.4 Å². The normalized spacial score (nSPS) is 15.1. The second-order valence-electron chi connectivity index (χ2n) is 10.3. The number of hydrogen-bond donors (Lipinski definition) is 2. The number of aromatic amines is 2. The van der Waals surface area contributed by atoms with Crippen molar-refractivity contribution in [3.63, 3.8) is 0 Å². The molecule has 4 aromatic heterocycles. The van der Waals surface area contributed by atoms with E-state index in [2.05, 4.69) is 74.8 Å². The number of nitrogens with zero attached hydrogens (tertiary/aromatic N) is 3. The van der Waals surface area contributed by atoms with Gasteiger partial charge in [-0.3, -0.25) is 15.0 Å². The molecule has 0 amide bonds. The Morgan fingerprint density at radius 1 is 1.00 bits per heavy atom. The van der Waals surface area contributed by atoms with Crippen LogP contribution in [0.2, 0.25) is 0 Å². The summed E-state index contributed by atoms with van der Waals surface area (Å²) in [7, 11) is 0. The molecule has 40 heavy (non-hydrogen) atoms. The number of aryl methyl sites for hydroxylation is 1. The summed E-state index contributed by atoms with van der Waals surface area (Å²) < 4.78 is 17.6. The van der Waals surface area contributed by atoms with Gasteiger partial charge in [-0.05, 0) is 54.8 Å². The fraction of sp³-hybridized carbons (Fsp3) is 0.250. The molecule has 1 aliphatic rings. The van der Waals surface area contributed by atoms with Crippen molar-refractivity contribution in [3.05, 3.63) is 90.8 Å². The van der Waals surface area contributed by atoms with Gasteiger partial charge in [0.25, 0.3) is 0 Å². The Morgan fingerprint density at radius 2 is 1.90 bits per heavy atom. The van der Waals surface area contributed by atoms with Crippen molar-refractivity contribution in [2.24, 2.45) is 0 Å². The van der Waals surface area contributed by atoms with Gasteiger partial charge in [-0.2, -0.15) is 5.10 Å². The topological polar surface area (TPSA) is 92.2 Å². The lowest BCUT2D eigenvalue weighted by Crippen LogP contribution is -2.47. The van der Waals surface area contributed by atoms with E-state index < -0.39 is 0 Å². The van der Waals surface area contributed by atoms with E-state index in [0.717, 1.165) is 83.0 Å². The summed E-state index contributed by atoms with van der Waals surface area (Å²) in [5.41, 5.74) is 8.25. The van der Waals surface area contributed by atoms with Crippen molar-refractivity contribution >= 4 is 21.8 Å². The molecule has 2 N–H and O–H groups in total. The second kappa shape index (κ2) is 10.6. The first-order valence-corrected chi connectivity index (χ1v) is 13.7. The van der Waals surface area contributed by atoms with E-state index >= 15 is 0 Å². The Kier molecular flexibility index (Phi) is 6.55. The first-order chi connectivity index (χ1) is 19.7. The van der Waals surface area contributed by atoms with Gasteiger partial charge in [0.05, 0.1) is 48.8 Å². The minimum Gasteiger partial charge on any atom is -0.490 e. The molecule has 1 saturated heterocycles. The Hall–Kier alpha value is -4.40. The van der Waals surface area contributed by atoms with Crippen LogP contribution in [0, 0.1) is 6.92 Å². The standard InChI is InChI=1S/C32H31N5O3/c1-21-28-15-22(6-7-31(28)36-35-21)29-16-26(18-34-32(29)23-8-11-39-19-23)40-20-25(37-9-12-38-13-10-37)14-24-17-33-30-5-3-2-4-27(24)30/h2-8,11,15-19,25,33H,9-10,12-14,20H2,1H3,(H,35,36)/t25-/m1/s1. The van der Waals surface area contributed by atoms with Crippen LogP contribution < -0.4 is 4.74 Å². The van der Waals surface area contributed by atoms with Crippen LogP contribution >= 0.6 is 0 Å². The molecule has 8 nitrogen and oxygen atoms in total. The van der Waals surface area contributed by atoms with Gasteiger partial charge in [-0.15, -0.1) is 0 Å². The number of furan rings is 1. The third-order valence-electron chi connectivity index (χ3n) is 7.86. The Bertz CT molecular complexity index is 1750. The van der Waals surface area contributed by atoms with Crippen molar-refractivity contribution in [1.29, 1.82) is 0 Å². The predicted molar refractivity (Wildman–Crippen MR) is 155 cm³/mol. The third kappa shape index (κ3) is 4.76. The number of pyridine rings is 1. The first-order valence-electron chi connectivity index (χ1n) is 13.7. The van der Waals surface area contributed by atoms with Crippen LogP contribution in [0.3, 0.4) is 0 Å². The van der Waals surface area contributed by atoms with Gasteiger partial charge < -0.3 is 18.9 Å². The first kappa shape index (κ1) is 24.6. The molecule has 0 aliphatic carbocycles. The van der Waals surface area contributed by atoms with Crippen molar-refractivity contribution in [2.75, 3.05) is 32.9 Å². The zero-order chi connectivity index (χ0) is 26.9. The lowest BCUT2D eigenvalue weighted by atomic mass is 9.99. The highest BCUT2D eigenvalue weighted by molar-refractivity contribution is 5.90. The van der Waals surface area contributed by atoms with Crippen LogP contribution in [-0.2, 0) is 11.2 Å². The maximum absolute atomic E-state index is 6.52. The lowest BCUT2D eigenvalue weighted by Gasteiger charge is -2.34. The molecule has 6 aromatic rings. The van der Waals surface area contributed by atoms with E-state index in [0.29, 0.717) is 6.61 Å².